The minimum Gasteiger partial charge on any atom is -0.508 e. The van der Waals surface area contributed by atoms with Gasteiger partial charge in [-0.2, -0.15) is 5.10 Å². The number of aromatic nitrogens is 3. The number of benzene rings is 1. The fourth-order valence-corrected chi connectivity index (χ4v) is 2.63. The van der Waals surface area contributed by atoms with E-state index in [1.165, 1.54) is 10.7 Å². The first-order valence-corrected chi connectivity index (χ1v) is 8.10. The summed E-state index contributed by atoms with van der Waals surface area (Å²) in [4.78, 5) is 16.4. The summed E-state index contributed by atoms with van der Waals surface area (Å²) in [6.45, 7) is 3.76. The number of aromatic hydroxyl groups is 1. The predicted molar refractivity (Wildman–Crippen MR) is 98.6 cm³/mol. The third kappa shape index (κ3) is 3.34. The monoisotopic (exact) mass is 356 g/mol. The van der Waals surface area contributed by atoms with Gasteiger partial charge in [-0.3, -0.25) is 4.79 Å². The molecule has 3 rings (SSSR count). The summed E-state index contributed by atoms with van der Waals surface area (Å²) >= 11 is 6.16. The number of rotatable bonds is 3. The van der Waals surface area contributed by atoms with Crippen LogP contribution in [0.3, 0.4) is 0 Å². The molecule has 3 aromatic rings. The second-order valence-corrected chi connectivity index (χ2v) is 6.30. The summed E-state index contributed by atoms with van der Waals surface area (Å²) in [6.07, 6.45) is 0. The molecule has 0 saturated heterocycles. The number of anilines is 1. The molecule has 0 radical (unpaired) electrons. The highest BCUT2D eigenvalue weighted by atomic mass is 35.5. The lowest BCUT2D eigenvalue weighted by molar-refractivity contribution is 0.475. The van der Waals surface area contributed by atoms with Gasteiger partial charge in [-0.1, -0.05) is 11.6 Å². The van der Waals surface area contributed by atoms with Crippen molar-refractivity contribution < 1.29 is 5.11 Å². The lowest BCUT2D eigenvalue weighted by atomic mass is 10.0. The average molecular weight is 357 g/mol. The van der Waals surface area contributed by atoms with Gasteiger partial charge in [0.15, 0.2) is 0 Å². The standard InChI is InChI=1S/C18H17ClN4O2/c1-10(2)23-16(25)8-7-15(22-23)13-9-14(19)18(20)21-17(13)11-3-5-12(24)6-4-11/h3-10,24H,1-2H3,(H2,20,21). The third-order valence-corrected chi connectivity index (χ3v) is 4.04. The first-order chi connectivity index (χ1) is 11.9. The molecule has 0 aliphatic heterocycles. The quantitative estimate of drug-likeness (QED) is 0.749. The summed E-state index contributed by atoms with van der Waals surface area (Å²) in [5.74, 6) is 0.351. The Morgan fingerprint density at radius 2 is 1.84 bits per heavy atom. The number of hydrogen-bond acceptors (Lipinski definition) is 5. The van der Waals surface area contributed by atoms with Gasteiger partial charge in [-0.25, -0.2) is 9.67 Å². The van der Waals surface area contributed by atoms with E-state index in [0.29, 0.717) is 22.0 Å². The number of nitrogens with two attached hydrogens (primary N) is 1. The van der Waals surface area contributed by atoms with Gasteiger partial charge >= 0.3 is 0 Å². The van der Waals surface area contributed by atoms with E-state index in [2.05, 4.69) is 10.1 Å². The van der Waals surface area contributed by atoms with E-state index in [1.54, 1.807) is 36.4 Å². The Hall–Kier alpha value is -2.86. The highest BCUT2D eigenvalue weighted by Gasteiger charge is 2.15. The number of hydrogen-bond donors (Lipinski definition) is 2. The Balaban J connectivity index is 2.25. The molecule has 3 N–H and O–H groups in total. The molecule has 0 aliphatic rings. The summed E-state index contributed by atoms with van der Waals surface area (Å²) in [7, 11) is 0. The van der Waals surface area contributed by atoms with E-state index in [-0.39, 0.29) is 23.2 Å². The van der Waals surface area contributed by atoms with Crippen LogP contribution in [0.15, 0.2) is 47.3 Å². The van der Waals surface area contributed by atoms with Crippen LogP contribution in [0, 0.1) is 0 Å². The Labute approximate surface area is 149 Å². The first kappa shape index (κ1) is 17.0. The van der Waals surface area contributed by atoms with E-state index in [0.717, 1.165) is 5.56 Å². The van der Waals surface area contributed by atoms with Crippen LogP contribution >= 0.6 is 11.6 Å². The van der Waals surface area contributed by atoms with Gasteiger partial charge in [-0.15, -0.1) is 0 Å². The van der Waals surface area contributed by atoms with Crippen LogP contribution in [0.1, 0.15) is 19.9 Å². The van der Waals surface area contributed by atoms with E-state index in [4.69, 9.17) is 17.3 Å². The highest BCUT2D eigenvalue weighted by molar-refractivity contribution is 6.33. The smallest absolute Gasteiger partial charge is 0.267 e. The summed E-state index contributed by atoms with van der Waals surface area (Å²) < 4.78 is 1.40. The van der Waals surface area contributed by atoms with Crippen molar-refractivity contribution in [2.45, 2.75) is 19.9 Å². The van der Waals surface area contributed by atoms with Crippen LogP contribution in [0.2, 0.25) is 5.02 Å². The largest absolute Gasteiger partial charge is 0.508 e. The second kappa shape index (κ2) is 6.57. The van der Waals surface area contributed by atoms with E-state index < -0.39 is 0 Å². The van der Waals surface area contributed by atoms with Crippen molar-refractivity contribution in [2.75, 3.05) is 5.73 Å². The second-order valence-electron chi connectivity index (χ2n) is 5.89. The van der Waals surface area contributed by atoms with Crippen molar-refractivity contribution in [1.82, 2.24) is 14.8 Å². The van der Waals surface area contributed by atoms with Gasteiger partial charge in [0.05, 0.1) is 22.5 Å². The lowest BCUT2D eigenvalue weighted by Crippen LogP contribution is -2.24. The van der Waals surface area contributed by atoms with Crippen molar-refractivity contribution in [3.63, 3.8) is 0 Å². The number of halogens is 1. The molecule has 25 heavy (non-hydrogen) atoms. The van der Waals surface area contributed by atoms with Gasteiger partial charge in [0, 0.05) is 17.2 Å². The predicted octanol–water partition coefficient (Wildman–Crippen LogP) is 3.49. The molecule has 0 spiro atoms. The molecule has 6 nitrogen and oxygen atoms in total. The maximum absolute atomic E-state index is 12.0. The lowest BCUT2D eigenvalue weighted by Gasteiger charge is -2.14. The van der Waals surface area contributed by atoms with E-state index in [9.17, 15) is 9.90 Å². The molecule has 128 valence electrons. The molecular formula is C18H17ClN4O2. The SMILES string of the molecule is CC(C)n1nc(-c2cc(Cl)c(N)nc2-c2ccc(O)cc2)ccc1=O. The van der Waals surface area contributed by atoms with Crippen LogP contribution in [0.4, 0.5) is 5.82 Å². The van der Waals surface area contributed by atoms with Gasteiger partial charge in [0.1, 0.15) is 11.6 Å². The zero-order valence-corrected chi connectivity index (χ0v) is 14.5. The number of phenolic OH excluding ortho intramolecular Hbond substituents is 1. The van der Waals surface area contributed by atoms with Gasteiger partial charge in [0.2, 0.25) is 0 Å². The van der Waals surface area contributed by atoms with Gasteiger partial charge in [0.25, 0.3) is 5.56 Å². The molecular weight excluding hydrogens is 340 g/mol. The molecule has 0 fully saturated rings. The number of nitrogen functional groups attached to an aromatic ring is 1. The highest BCUT2D eigenvalue weighted by Crippen LogP contribution is 2.34. The van der Waals surface area contributed by atoms with Crippen molar-refractivity contribution in [3.8, 4) is 28.3 Å². The Morgan fingerprint density at radius 1 is 1.16 bits per heavy atom. The Morgan fingerprint density at radius 3 is 2.48 bits per heavy atom. The summed E-state index contributed by atoms with van der Waals surface area (Å²) in [6, 6.07) is 11.3. The average Bonchev–Trinajstić information content (AvgIpc) is 2.58. The van der Waals surface area contributed by atoms with Crippen LogP contribution in [-0.2, 0) is 0 Å². The number of pyridine rings is 1. The van der Waals surface area contributed by atoms with Crippen LogP contribution in [0.5, 0.6) is 5.75 Å². The molecule has 2 heterocycles. The van der Waals surface area contributed by atoms with Crippen molar-refractivity contribution in [3.05, 3.63) is 57.8 Å². The maximum Gasteiger partial charge on any atom is 0.267 e. The van der Waals surface area contributed by atoms with Crippen molar-refractivity contribution in [1.29, 1.82) is 0 Å². The normalized spacial score (nSPS) is 11.0. The topological polar surface area (TPSA) is 94.0 Å². The minimum atomic E-state index is -0.181. The Bertz CT molecular complexity index is 981. The molecule has 0 unspecified atom stereocenters. The van der Waals surface area contributed by atoms with Gasteiger partial charge in [-0.05, 0) is 50.2 Å². The maximum atomic E-state index is 12.0. The minimum absolute atomic E-state index is 0.0817. The number of phenols is 1. The summed E-state index contributed by atoms with van der Waals surface area (Å²) in [5, 5.41) is 14.2. The van der Waals surface area contributed by atoms with E-state index in [1.807, 2.05) is 13.8 Å². The van der Waals surface area contributed by atoms with Crippen LogP contribution in [0.25, 0.3) is 22.5 Å². The van der Waals surface area contributed by atoms with Crippen LogP contribution in [-0.4, -0.2) is 19.9 Å². The zero-order chi connectivity index (χ0) is 18.1. The third-order valence-electron chi connectivity index (χ3n) is 3.73. The zero-order valence-electron chi connectivity index (χ0n) is 13.8. The molecule has 0 aliphatic carbocycles. The van der Waals surface area contributed by atoms with Crippen molar-refractivity contribution in [2.24, 2.45) is 0 Å². The molecule has 7 heteroatoms. The number of nitrogens with zero attached hydrogens (tertiary/aromatic N) is 3. The van der Waals surface area contributed by atoms with Crippen LogP contribution < -0.4 is 11.3 Å². The Kier molecular flexibility index (Phi) is 4.46. The molecule has 0 amide bonds. The molecule has 2 aromatic heterocycles. The first-order valence-electron chi connectivity index (χ1n) is 7.72. The van der Waals surface area contributed by atoms with E-state index >= 15 is 0 Å². The summed E-state index contributed by atoms with van der Waals surface area (Å²) in [5.41, 5.74) is 8.22. The fraction of sp³-hybridized carbons (Fsp3) is 0.167. The molecule has 0 atom stereocenters. The van der Waals surface area contributed by atoms with Crippen molar-refractivity contribution >= 4 is 17.4 Å². The molecule has 0 saturated carbocycles. The van der Waals surface area contributed by atoms with Gasteiger partial charge < -0.3 is 10.8 Å². The molecule has 1 aromatic carbocycles. The fourth-order valence-electron chi connectivity index (χ4n) is 2.48. The molecule has 0 bridgehead atoms.